The van der Waals surface area contributed by atoms with Crippen molar-refractivity contribution in [3.8, 4) is 5.75 Å². The second kappa shape index (κ2) is 8.87. The lowest BCUT2D eigenvalue weighted by atomic mass is 10.1. The number of carbonyl (C=O) groups is 3. The monoisotopic (exact) mass is 423 g/mol. The molecule has 1 fully saturated rings. The lowest BCUT2D eigenvalue weighted by Gasteiger charge is -2.31. The Morgan fingerprint density at radius 2 is 1.63 bits per heavy atom. The molecule has 0 aliphatic carbocycles. The van der Waals surface area contributed by atoms with Crippen molar-refractivity contribution >= 4 is 46.8 Å². The molecule has 2 aromatic carbocycles. The molecule has 1 heterocycles. The number of hydrogen-bond donors (Lipinski definition) is 1. The molecular weight excluding hydrogens is 402 g/mol. The molecule has 0 radical (unpaired) electrons. The van der Waals surface area contributed by atoms with Gasteiger partial charge in [-0.25, -0.2) is 0 Å². The summed E-state index contributed by atoms with van der Waals surface area (Å²) in [6, 6.07) is 14.3. The molecule has 30 heavy (non-hydrogen) atoms. The predicted octanol–water partition coefficient (Wildman–Crippen LogP) is 2.61. The Morgan fingerprint density at radius 1 is 1.03 bits per heavy atom. The van der Waals surface area contributed by atoms with E-state index >= 15 is 0 Å². The quantitative estimate of drug-likeness (QED) is 0.454. The van der Waals surface area contributed by atoms with Gasteiger partial charge in [-0.1, -0.05) is 35.9 Å². The van der Waals surface area contributed by atoms with Gasteiger partial charge in [0.1, 0.15) is 11.3 Å². The largest absolute Gasteiger partial charge is 0.483 e. The summed E-state index contributed by atoms with van der Waals surface area (Å²) in [7, 11) is 3.03. The van der Waals surface area contributed by atoms with E-state index in [1.54, 1.807) is 24.3 Å². The molecule has 0 atom stereocenters. The number of nitrogens with one attached hydrogen (secondary N) is 1. The van der Waals surface area contributed by atoms with E-state index in [1.165, 1.54) is 30.0 Å². The van der Waals surface area contributed by atoms with E-state index in [-0.39, 0.29) is 23.2 Å². The number of ether oxygens (including phenoxy) is 1. The SMILES string of the molecule is Cc1ccc(NC(=O)COc2ccccc2C=C2C(=O)N(C)C(=S)N(C)C2=O)cc1. The standard InChI is InChI=1S/C22H21N3O4S/c1-14-8-10-16(11-9-14)23-19(26)13-29-18-7-5-4-6-15(18)12-17-20(27)24(2)22(30)25(3)21(17)28/h4-12H,13H2,1-3H3,(H,23,26). The second-order valence-corrected chi connectivity index (χ2v) is 7.17. The molecule has 1 aliphatic heterocycles. The molecule has 1 aliphatic rings. The maximum absolute atomic E-state index is 12.5. The fourth-order valence-corrected chi connectivity index (χ4v) is 3.00. The molecule has 0 saturated carbocycles. The lowest BCUT2D eigenvalue weighted by Crippen LogP contribution is -2.52. The van der Waals surface area contributed by atoms with E-state index in [0.717, 1.165) is 5.56 Å². The van der Waals surface area contributed by atoms with Crippen LogP contribution in [0.4, 0.5) is 5.69 Å². The minimum atomic E-state index is -0.491. The molecule has 0 unspecified atom stereocenters. The van der Waals surface area contributed by atoms with Crippen LogP contribution >= 0.6 is 12.2 Å². The van der Waals surface area contributed by atoms with Gasteiger partial charge in [0.05, 0.1) is 0 Å². The van der Waals surface area contributed by atoms with E-state index in [9.17, 15) is 14.4 Å². The molecule has 1 N–H and O–H groups in total. The zero-order valence-electron chi connectivity index (χ0n) is 16.8. The Balaban J connectivity index is 1.76. The number of thiocarbonyl (C=S) groups is 1. The van der Waals surface area contributed by atoms with E-state index in [1.807, 2.05) is 31.2 Å². The molecule has 1 saturated heterocycles. The van der Waals surface area contributed by atoms with Crippen molar-refractivity contribution in [2.24, 2.45) is 0 Å². The zero-order valence-corrected chi connectivity index (χ0v) is 17.7. The summed E-state index contributed by atoms with van der Waals surface area (Å²) in [6.07, 6.45) is 1.45. The van der Waals surface area contributed by atoms with Crippen molar-refractivity contribution in [3.63, 3.8) is 0 Å². The van der Waals surface area contributed by atoms with Crippen molar-refractivity contribution < 1.29 is 19.1 Å². The normalized spacial score (nSPS) is 14.1. The highest BCUT2D eigenvalue weighted by atomic mass is 32.1. The minimum absolute atomic E-state index is 0.0336. The van der Waals surface area contributed by atoms with Crippen LogP contribution in [0.25, 0.3) is 6.08 Å². The van der Waals surface area contributed by atoms with Crippen molar-refractivity contribution in [2.45, 2.75) is 6.92 Å². The highest BCUT2D eigenvalue weighted by Crippen LogP contribution is 2.24. The van der Waals surface area contributed by atoms with Gasteiger partial charge in [0.2, 0.25) is 0 Å². The Hall–Kier alpha value is -3.52. The van der Waals surface area contributed by atoms with Gasteiger partial charge in [-0.05, 0) is 43.4 Å². The van der Waals surface area contributed by atoms with Crippen LogP contribution in [-0.2, 0) is 14.4 Å². The van der Waals surface area contributed by atoms with Gasteiger partial charge in [0, 0.05) is 25.3 Å². The average Bonchev–Trinajstić information content (AvgIpc) is 2.75. The van der Waals surface area contributed by atoms with Gasteiger partial charge in [0.25, 0.3) is 17.7 Å². The number of benzene rings is 2. The van der Waals surface area contributed by atoms with E-state index in [4.69, 9.17) is 17.0 Å². The molecule has 7 nitrogen and oxygen atoms in total. The Kier molecular flexibility index (Phi) is 6.27. The molecule has 3 amide bonds. The number of carbonyl (C=O) groups excluding carboxylic acids is 3. The van der Waals surface area contributed by atoms with Crippen molar-refractivity contribution in [3.05, 3.63) is 65.2 Å². The third-order valence-corrected chi connectivity index (χ3v) is 5.10. The van der Waals surface area contributed by atoms with Crippen LogP contribution in [0.2, 0.25) is 0 Å². The minimum Gasteiger partial charge on any atom is -0.483 e. The van der Waals surface area contributed by atoms with E-state index in [0.29, 0.717) is 17.0 Å². The molecule has 0 bridgehead atoms. The average molecular weight is 423 g/mol. The third-order valence-electron chi connectivity index (χ3n) is 4.56. The predicted molar refractivity (Wildman–Crippen MR) is 118 cm³/mol. The van der Waals surface area contributed by atoms with Gasteiger partial charge >= 0.3 is 0 Å². The molecule has 0 aromatic heterocycles. The highest BCUT2D eigenvalue weighted by Gasteiger charge is 2.35. The first-order valence-corrected chi connectivity index (χ1v) is 9.59. The number of nitrogens with zero attached hydrogens (tertiary/aromatic N) is 2. The number of rotatable bonds is 5. The second-order valence-electron chi connectivity index (χ2n) is 6.81. The van der Waals surface area contributed by atoms with Crippen LogP contribution in [0.1, 0.15) is 11.1 Å². The number of amides is 3. The topological polar surface area (TPSA) is 79.0 Å². The maximum atomic E-state index is 12.5. The first-order valence-electron chi connectivity index (χ1n) is 9.18. The fraction of sp³-hybridized carbons (Fsp3) is 0.182. The first-order chi connectivity index (χ1) is 14.3. The Morgan fingerprint density at radius 3 is 2.27 bits per heavy atom. The zero-order chi connectivity index (χ0) is 21.8. The number of para-hydroxylation sites is 1. The molecular formula is C22H21N3O4S. The van der Waals surface area contributed by atoms with Crippen molar-refractivity contribution in [1.82, 2.24) is 9.80 Å². The van der Waals surface area contributed by atoms with E-state index in [2.05, 4.69) is 5.32 Å². The van der Waals surface area contributed by atoms with Crippen LogP contribution in [0, 0.1) is 6.92 Å². The van der Waals surface area contributed by atoms with Crippen molar-refractivity contribution in [2.75, 3.05) is 26.0 Å². The summed E-state index contributed by atoms with van der Waals surface area (Å²) in [5.74, 6) is -0.927. The Bertz CT molecular complexity index is 1020. The molecule has 2 aromatic rings. The molecule has 0 spiro atoms. The Labute approximate surface area is 179 Å². The lowest BCUT2D eigenvalue weighted by molar-refractivity contribution is -0.132. The van der Waals surface area contributed by atoms with Crippen LogP contribution in [-0.4, -0.2) is 53.3 Å². The first kappa shape index (κ1) is 21.2. The summed E-state index contributed by atoms with van der Waals surface area (Å²) in [6.45, 7) is 1.74. The molecule has 3 rings (SSSR count). The van der Waals surface area contributed by atoms with Gasteiger partial charge in [-0.15, -0.1) is 0 Å². The summed E-state index contributed by atoms with van der Waals surface area (Å²) in [5, 5.41) is 2.89. The summed E-state index contributed by atoms with van der Waals surface area (Å²) >= 11 is 5.09. The number of anilines is 1. The number of hydrogen-bond acceptors (Lipinski definition) is 5. The summed E-state index contributed by atoms with van der Waals surface area (Å²) in [4.78, 5) is 39.7. The smallest absolute Gasteiger partial charge is 0.265 e. The van der Waals surface area contributed by atoms with Crippen LogP contribution in [0.5, 0.6) is 5.75 Å². The number of aryl methyl sites for hydroxylation is 1. The third kappa shape index (κ3) is 4.55. The highest BCUT2D eigenvalue weighted by molar-refractivity contribution is 7.80. The van der Waals surface area contributed by atoms with Crippen molar-refractivity contribution in [1.29, 1.82) is 0 Å². The molecule has 8 heteroatoms. The van der Waals surface area contributed by atoms with Gasteiger partial charge in [0.15, 0.2) is 11.7 Å². The molecule has 154 valence electrons. The van der Waals surface area contributed by atoms with Gasteiger partial charge in [-0.3, -0.25) is 24.2 Å². The number of likely N-dealkylation sites (N-methyl/N-ethyl adjacent to an activating group) is 2. The van der Waals surface area contributed by atoms with Gasteiger partial charge in [-0.2, -0.15) is 0 Å². The fourth-order valence-electron chi connectivity index (χ4n) is 2.84. The van der Waals surface area contributed by atoms with Crippen LogP contribution in [0.15, 0.2) is 54.1 Å². The van der Waals surface area contributed by atoms with Crippen LogP contribution in [0.3, 0.4) is 0 Å². The van der Waals surface area contributed by atoms with Crippen LogP contribution < -0.4 is 10.1 Å². The summed E-state index contributed by atoms with van der Waals surface area (Å²) < 4.78 is 5.65. The van der Waals surface area contributed by atoms with Gasteiger partial charge < -0.3 is 10.1 Å². The maximum Gasteiger partial charge on any atom is 0.265 e. The summed E-state index contributed by atoms with van der Waals surface area (Å²) in [5.41, 5.74) is 2.24. The van der Waals surface area contributed by atoms with E-state index < -0.39 is 11.8 Å².